The number of rotatable bonds is 4. The molecule has 0 amide bonds. The highest BCUT2D eigenvalue weighted by atomic mass is 16.3. The lowest BCUT2D eigenvalue weighted by atomic mass is 9.84. The summed E-state index contributed by atoms with van der Waals surface area (Å²) in [5.41, 5.74) is 0. The van der Waals surface area contributed by atoms with Crippen molar-refractivity contribution in [1.29, 1.82) is 0 Å². The minimum atomic E-state index is -0.0257. The first-order chi connectivity index (χ1) is 7.86. The van der Waals surface area contributed by atoms with Crippen molar-refractivity contribution in [3.8, 4) is 0 Å². The highest BCUT2D eigenvalue weighted by Crippen LogP contribution is 2.27. The number of piperidine rings is 1. The molecular weight excluding hydrogens is 198 g/mol. The predicted molar refractivity (Wildman–Crippen MR) is 67.5 cm³/mol. The molecule has 0 spiro atoms. The maximum Gasteiger partial charge on any atom is 0.0580 e. The molecular formula is C14H27NO. The Labute approximate surface area is 100 Å². The van der Waals surface area contributed by atoms with Crippen molar-refractivity contribution < 1.29 is 5.11 Å². The van der Waals surface area contributed by atoms with E-state index in [9.17, 15) is 5.11 Å². The van der Waals surface area contributed by atoms with E-state index in [-0.39, 0.29) is 6.10 Å². The summed E-state index contributed by atoms with van der Waals surface area (Å²) in [6.07, 6.45) is 11.7. The van der Waals surface area contributed by atoms with E-state index in [1.54, 1.807) is 0 Å². The number of nitrogens with zero attached hydrogens (tertiary/aromatic N) is 1. The predicted octanol–water partition coefficient (Wildman–Crippen LogP) is 2.80. The van der Waals surface area contributed by atoms with Crippen LogP contribution in [0.15, 0.2) is 0 Å². The van der Waals surface area contributed by atoms with Crippen LogP contribution >= 0.6 is 0 Å². The van der Waals surface area contributed by atoms with Crippen molar-refractivity contribution in [3.63, 3.8) is 0 Å². The normalized spacial score (nSPS) is 26.8. The van der Waals surface area contributed by atoms with Gasteiger partial charge in [-0.15, -0.1) is 0 Å². The summed E-state index contributed by atoms with van der Waals surface area (Å²) in [5, 5.41) is 10.2. The van der Waals surface area contributed by atoms with Gasteiger partial charge in [-0.3, -0.25) is 0 Å². The van der Waals surface area contributed by atoms with Gasteiger partial charge in [-0.25, -0.2) is 0 Å². The zero-order chi connectivity index (χ0) is 11.2. The second kappa shape index (κ2) is 6.61. The van der Waals surface area contributed by atoms with Gasteiger partial charge in [0.05, 0.1) is 6.10 Å². The van der Waals surface area contributed by atoms with Crippen LogP contribution in [0.2, 0.25) is 0 Å². The number of aliphatic hydroxyl groups is 1. The van der Waals surface area contributed by atoms with Gasteiger partial charge in [0.2, 0.25) is 0 Å². The van der Waals surface area contributed by atoms with Crippen LogP contribution < -0.4 is 0 Å². The van der Waals surface area contributed by atoms with E-state index in [0.717, 1.165) is 13.0 Å². The molecule has 0 unspecified atom stereocenters. The van der Waals surface area contributed by atoms with Crippen LogP contribution in [0.5, 0.6) is 0 Å². The third-order valence-electron chi connectivity index (χ3n) is 4.38. The topological polar surface area (TPSA) is 23.5 Å². The van der Waals surface area contributed by atoms with E-state index in [4.69, 9.17) is 0 Å². The Morgan fingerprint density at radius 3 is 2.25 bits per heavy atom. The molecule has 2 aliphatic rings. The molecule has 1 aliphatic heterocycles. The van der Waals surface area contributed by atoms with Gasteiger partial charge in [0.1, 0.15) is 0 Å². The highest BCUT2D eigenvalue weighted by Gasteiger charge is 2.22. The lowest BCUT2D eigenvalue weighted by Gasteiger charge is -2.30. The molecule has 0 aromatic heterocycles. The van der Waals surface area contributed by atoms with Crippen molar-refractivity contribution in [2.75, 3.05) is 19.6 Å². The zero-order valence-corrected chi connectivity index (χ0v) is 10.5. The zero-order valence-electron chi connectivity index (χ0n) is 10.5. The SMILES string of the molecule is O[C@H](CCN1CCCCC1)C1CCCCC1. The van der Waals surface area contributed by atoms with Crippen molar-refractivity contribution in [2.45, 2.75) is 63.9 Å². The fourth-order valence-corrected chi connectivity index (χ4v) is 3.25. The van der Waals surface area contributed by atoms with Crippen LogP contribution in [-0.4, -0.2) is 35.7 Å². The fourth-order valence-electron chi connectivity index (χ4n) is 3.25. The second-order valence-corrected chi connectivity index (χ2v) is 5.66. The van der Waals surface area contributed by atoms with E-state index in [2.05, 4.69) is 4.90 Å². The first-order valence-corrected chi connectivity index (χ1v) is 7.26. The molecule has 0 bridgehead atoms. The summed E-state index contributed by atoms with van der Waals surface area (Å²) in [6, 6.07) is 0. The Balaban J connectivity index is 1.63. The molecule has 2 heteroatoms. The molecule has 1 atom stereocenters. The van der Waals surface area contributed by atoms with E-state index in [0.29, 0.717) is 5.92 Å². The summed E-state index contributed by atoms with van der Waals surface area (Å²) >= 11 is 0. The van der Waals surface area contributed by atoms with Gasteiger partial charge in [-0.05, 0) is 51.1 Å². The summed E-state index contributed by atoms with van der Waals surface area (Å²) < 4.78 is 0. The third-order valence-corrected chi connectivity index (χ3v) is 4.38. The molecule has 1 aliphatic carbocycles. The maximum absolute atomic E-state index is 10.2. The van der Waals surface area contributed by atoms with Gasteiger partial charge in [0, 0.05) is 6.54 Å². The Hall–Kier alpha value is -0.0800. The smallest absolute Gasteiger partial charge is 0.0580 e. The van der Waals surface area contributed by atoms with Gasteiger partial charge in [-0.1, -0.05) is 25.7 Å². The van der Waals surface area contributed by atoms with Crippen LogP contribution in [0.4, 0.5) is 0 Å². The quantitative estimate of drug-likeness (QED) is 0.795. The number of hydrogen-bond acceptors (Lipinski definition) is 2. The Morgan fingerprint density at radius 2 is 1.56 bits per heavy atom. The number of aliphatic hydroxyl groups excluding tert-OH is 1. The van der Waals surface area contributed by atoms with Crippen molar-refractivity contribution in [3.05, 3.63) is 0 Å². The molecule has 16 heavy (non-hydrogen) atoms. The summed E-state index contributed by atoms with van der Waals surface area (Å²) in [7, 11) is 0. The average molecular weight is 225 g/mol. The van der Waals surface area contributed by atoms with Crippen LogP contribution in [0.1, 0.15) is 57.8 Å². The molecule has 2 nitrogen and oxygen atoms in total. The standard InChI is InChI=1S/C14H27NO/c16-14(13-7-3-1-4-8-13)9-12-15-10-5-2-6-11-15/h13-14,16H,1-12H2/t14-/m1/s1. The first kappa shape index (κ1) is 12.4. The van der Waals surface area contributed by atoms with E-state index in [1.807, 2.05) is 0 Å². The second-order valence-electron chi connectivity index (χ2n) is 5.66. The summed E-state index contributed by atoms with van der Waals surface area (Å²) in [5.74, 6) is 0.610. The van der Waals surface area contributed by atoms with E-state index in [1.165, 1.54) is 64.5 Å². The summed E-state index contributed by atoms with van der Waals surface area (Å²) in [4.78, 5) is 2.54. The van der Waals surface area contributed by atoms with Crippen molar-refractivity contribution in [1.82, 2.24) is 4.90 Å². The minimum Gasteiger partial charge on any atom is -0.393 e. The minimum absolute atomic E-state index is 0.0257. The summed E-state index contributed by atoms with van der Waals surface area (Å²) in [6.45, 7) is 3.65. The molecule has 94 valence electrons. The average Bonchev–Trinajstić information content (AvgIpc) is 2.38. The number of hydrogen-bond donors (Lipinski definition) is 1. The first-order valence-electron chi connectivity index (χ1n) is 7.26. The van der Waals surface area contributed by atoms with Gasteiger partial charge in [-0.2, -0.15) is 0 Å². The molecule has 2 fully saturated rings. The van der Waals surface area contributed by atoms with E-state index >= 15 is 0 Å². The van der Waals surface area contributed by atoms with E-state index < -0.39 is 0 Å². The molecule has 1 saturated heterocycles. The molecule has 1 saturated carbocycles. The Morgan fingerprint density at radius 1 is 0.938 bits per heavy atom. The van der Waals surface area contributed by atoms with Gasteiger partial charge in [0.25, 0.3) is 0 Å². The third kappa shape index (κ3) is 3.74. The van der Waals surface area contributed by atoms with Crippen LogP contribution in [0.3, 0.4) is 0 Å². The molecule has 2 rings (SSSR count). The highest BCUT2D eigenvalue weighted by molar-refractivity contribution is 4.75. The fraction of sp³-hybridized carbons (Fsp3) is 1.00. The maximum atomic E-state index is 10.2. The molecule has 1 heterocycles. The monoisotopic (exact) mass is 225 g/mol. The molecule has 0 aromatic rings. The molecule has 0 aromatic carbocycles. The van der Waals surface area contributed by atoms with Gasteiger partial charge < -0.3 is 10.0 Å². The Bertz CT molecular complexity index is 183. The lowest BCUT2D eigenvalue weighted by molar-refractivity contribution is 0.0636. The lowest BCUT2D eigenvalue weighted by Crippen LogP contribution is -2.34. The van der Waals surface area contributed by atoms with Gasteiger partial charge >= 0.3 is 0 Å². The van der Waals surface area contributed by atoms with Crippen LogP contribution in [0.25, 0.3) is 0 Å². The van der Waals surface area contributed by atoms with Crippen molar-refractivity contribution in [2.24, 2.45) is 5.92 Å². The molecule has 0 radical (unpaired) electrons. The van der Waals surface area contributed by atoms with Crippen LogP contribution in [0, 0.1) is 5.92 Å². The van der Waals surface area contributed by atoms with Gasteiger partial charge in [0.15, 0.2) is 0 Å². The van der Waals surface area contributed by atoms with Crippen molar-refractivity contribution >= 4 is 0 Å². The molecule has 1 N–H and O–H groups in total. The largest absolute Gasteiger partial charge is 0.393 e. The Kier molecular flexibility index (Phi) is 5.11. The van der Waals surface area contributed by atoms with Crippen LogP contribution in [-0.2, 0) is 0 Å². The number of likely N-dealkylation sites (tertiary alicyclic amines) is 1.